The molecule has 7 nitrogen and oxygen atoms in total. The number of hydrogen-bond donors (Lipinski definition) is 0. The number of nitrogens with zero attached hydrogens (tertiary/aromatic N) is 2. The van der Waals surface area contributed by atoms with Crippen molar-refractivity contribution in [1.82, 2.24) is 8.61 Å². The molecule has 242 valence electrons. The third kappa shape index (κ3) is 6.29. The average molecular weight is 679 g/mol. The molecule has 2 heterocycles. The second-order valence-electron chi connectivity index (χ2n) is 12.2. The van der Waals surface area contributed by atoms with Crippen molar-refractivity contribution in [2.45, 2.75) is 67.6 Å². The molecule has 0 N–H and O–H groups in total. The van der Waals surface area contributed by atoms with Gasteiger partial charge in [-0.05, 0) is 81.1 Å². The number of ether oxygens (including phenoxy) is 1. The number of halogens is 1. The Labute approximate surface area is 277 Å². The molecule has 46 heavy (non-hydrogen) atoms. The summed E-state index contributed by atoms with van der Waals surface area (Å²) < 4.78 is 68.0. The first kappa shape index (κ1) is 32.9. The molecule has 2 aliphatic heterocycles. The minimum atomic E-state index is -4.02. The Morgan fingerprint density at radius 2 is 1.30 bits per heavy atom. The van der Waals surface area contributed by atoms with Crippen LogP contribution in [-0.4, -0.2) is 50.7 Å². The first-order valence-electron chi connectivity index (χ1n) is 15.6. The lowest BCUT2D eigenvalue weighted by Gasteiger charge is -2.54. The van der Waals surface area contributed by atoms with E-state index in [4.69, 9.17) is 16.3 Å². The Hall–Kier alpha value is -3.05. The lowest BCUT2D eigenvalue weighted by molar-refractivity contribution is -0.0823. The largest absolute Gasteiger partial charge is 0.378 e. The molecule has 5 atom stereocenters. The minimum Gasteiger partial charge on any atom is -0.378 e. The predicted molar refractivity (Wildman–Crippen MR) is 181 cm³/mol. The van der Waals surface area contributed by atoms with E-state index in [1.807, 2.05) is 57.2 Å². The van der Waals surface area contributed by atoms with E-state index in [1.165, 1.54) is 4.31 Å². The topological polar surface area (TPSA) is 84.0 Å². The summed E-state index contributed by atoms with van der Waals surface area (Å²) in [5.41, 5.74) is 3.50. The average Bonchev–Trinajstić information content (AvgIpc) is 3.05. The highest BCUT2D eigenvalue weighted by atomic mass is 35.5. The predicted octanol–water partition coefficient (Wildman–Crippen LogP) is 7.32. The van der Waals surface area contributed by atoms with E-state index in [0.29, 0.717) is 23.6 Å². The maximum absolute atomic E-state index is 14.8. The maximum Gasteiger partial charge on any atom is 0.243 e. The first-order valence-corrected chi connectivity index (χ1v) is 18.9. The summed E-state index contributed by atoms with van der Waals surface area (Å²) >= 11 is 6.47. The van der Waals surface area contributed by atoms with Gasteiger partial charge in [0.2, 0.25) is 20.0 Å². The summed E-state index contributed by atoms with van der Waals surface area (Å²) in [5.74, 6) is -0.421. The third-order valence-corrected chi connectivity index (χ3v) is 13.4. The van der Waals surface area contributed by atoms with Crippen molar-refractivity contribution in [3.05, 3.63) is 130 Å². The van der Waals surface area contributed by atoms with Crippen LogP contribution in [0.2, 0.25) is 5.02 Å². The lowest BCUT2D eigenvalue weighted by Crippen LogP contribution is -2.62. The van der Waals surface area contributed by atoms with Crippen molar-refractivity contribution >= 4 is 31.6 Å². The van der Waals surface area contributed by atoms with E-state index in [9.17, 15) is 16.8 Å². The summed E-state index contributed by atoms with van der Waals surface area (Å²) in [6, 6.07) is 28.9. The SMILES string of the molecule is CCO[C@H]1C[C@@H](c2ccccc2)N(S(=O)(=O)c2ccc(C)cc2)[C@H]2C[C@@H](c3cccc(Cl)c3)N(S(=O)(=O)c3ccc(C)cc3)C[C@@H]12. The van der Waals surface area contributed by atoms with Gasteiger partial charge in [-0.25, -0.2) is 16.8 Å². The molecule has 0 aliphatic carbocycles. The van der Waals surface area contributed by atoms with Gasteiger partial charge in [-0.15, -0.1) is 0 Å². The van der Waals surface area contributed by atoms with Gasteiger partial charge in [-0.1, -0.05) is 89.5 Å². The number of rotatable bonds is 8. The fraction of sp³-hybridized carbons (Fsp3) is 0.333. The van der Waals surface area contributed by atoms with Crippen LogP contribution in [0.15, 0.2) is 113 Å². The van der Waals surface area contributed by atoms with Gasteiger partial charge in [0.25, 0.3) is 0 Å². The standard InChI is InChI=1S/C36H39ClN2O5S2/c1-4-44-36-23-34(27-9-6-5-7-10-27)39(46(42,43)31-19-15-26(3)16-20-31)35-22-33(28-11-8-12-29(37)21-28)38(24-32(35)36)45(40,41)30-17-13-25(2)14-18-30/h5-21,32-36H,4,22-24H2,1-3H3/t32-,33+,34+,35+,36+/m1/s1. The zero-order valence-corrected chi connectivity index (χ0v) is 28.5. The molecule has 4 aromatic rings. The second kappa shape index (κ2) is 13.2. The van der Waals surface area contributed by atoms with E-state index in [2.05, 4.69) is 0 Å². The Balaban J connectivity index is 1.53. The maximum atomic E-state index is 14.8. The number of hydrogen-bond acceptors (Lipinski definition) is 5. The van der Waals surface area contributed by atoms with Crippen LogP contribution in [-0.2, 0) is 24.8 Å². The van der Waals surface area contributed by atoms with Gasteiger partial charge in [0.05, 0.1) is 28.0 Å². The Bertz CT molecular complexity index is 1890. The molecule has 2 fully saturated rings. The van der Waals surface area contributed by atoms with Crippen LogP contribution in [0.1, 0.15) is 54.1 Å². The lowest BCUT2D eigenvalue weighted by atomic mass is 9.76. The van der Waals surface area contributed by atoms with Gasteiger partial charge in [-0.2, -0.15) is 8.61 Å². The van der Waals surface area contributed by atoms with Gasteiger partial charge < -0.3 is 4.74 Å². The monoisotopic (exact) mass is 678 g/mol. The molecule has 4 aromatic carbocycles. The molecule has 0 saturated carbocycles. The van der Waals surface area contributed by atoms with Crippen molar-refractivity contribution in [3.63, 3.8) is 0 Å². The van der Waals surface area contributed by atoms with Gasteiger partial charge in [0.15, 0.2) is 0 Å². The molecule has 0 spiro atoms. The molecule has 0 aromatic heterocycles. The molecule has 10 heteroatoms. The van der Waals surface area contributed by atoms with Crippen LogP contribution in [0.4, 0.5) is 0 Å². The van der Waals surface area contributed by atoms with Crippen molar-refractivity contribution in [2.24, 2.45) is 5.92 Å². The van der Waals surface area contributed by atoms with Crippen LogP contribution in [0.5, 0.6) is 0 Å². The molecular weight excluding hydrogens is 640 g/mol. The number of aryl methyl sites for hydroxylation is 2. The smallest absolute Gasteiger partial charge is 0.243 e. The van der Waals surface area contributed by atoms with Crippen LogP contribution < -0.4 is 0 Å². The summed E-state index contributed by atoms with van der Waals surface area (Å²) in [7, 11) is -8.01. The Morgan fingerprint density at radius 1 is 0.717 bits per heavy atom. The number of piperidine rings is 2. The van der Waals surface area contributed by atoms with Crippen molar-refractivity contribution in [2.75, 3.05) is 13.2 Å². The molecule has 0 bridgehead atoms. The van der Waals surface area contributed by atoms with E-state index in [0.717, 1.165) is 16.7 Å². The van der Waals surface area contributed by atoms with E-state index in [-0.39, 0.29) is 28.9 Å². The van der Waals surface area contributed by atoms with Gasteiger partial charge in [-0.3, -0.25) is 0 Å². The van der Waals surface area contributed by atoms with Gasteiger partial charge in [0, 0.05) is 30.1 Å². The molecule has 0 radical (unpaired) electrons. The van der Waals surface area contributed by atoms with Crippen molar-refractivity contribution in [3.8, 4) is 0 Å². The zero-order chi connectivity index (χ0) is 32.6. The summed E-state index contributed by atoms with van der Waals surface area (Å²) in [6.45, 7) is 6.26. The molecular formula is C36H39ClN2O5S2. The highest BCUT2D eigenvalue weighted by Gasteiger charge is 2.55. The first-order chi connectivity index (χ1) is 22.0. The quantitative estimate of drug-likeness (QED) is 0.195. The van der Waals surface area contributed by atoms with Gasteiger partial charge in [0.1, 0.15) is 0 Å². The molecule has 0 unspecified atom stereocenters. The van der Waals surface area contributed by atoms with Crippen molar-refractivity contribution < 1.29 is 21.6 Å². The van der Waals surface area contributed by atoms with Crippen LogP contribution in [0, 0.1) is 19.8 Å². The van der Waals surface area contributed by atoms with E-state index in [1.54, 1.807) is 71.0 Å². The summed E-state index contributed by atoms with van der Waals surface area (Å²) in [5, 5.41) is 0.481. The molecule has 0 amide bonds. The van der Waals surface area contributed by atoms with E-state index >= 15 is 0 Å². The highest BCUT2D eigenvalue weighted by Crippen LogP contribution is 2.50. The van der Waals surface area contributed by atoms with E-state index < -0.39 is 44.1 Å². The van der Waals surface area contributed by atoms with Crippen molar-refractivity contribution in [1.29, 1.82) is 0 Å². The second-order valence-corrected chi connectivity index (χ2v) is 16.4. The Kier molecular flexibility index (Phi) is 9.45. The molecule has 6 rings (SSSR count). The molecule has 2 aliphatic rings. The van der Waals surface area contributed by atoms with Crippen LogP contribution in [0.3, 0.4) is 0 Å². The summed E-state index contributed by atoms with van der Waals surface area (Å²) in [6.07, 6.45) is 0.249. The minimum absolute atomic E-state index is 0.0875. The number of sulfonamides is 2. The van der Waals surface area contributed by atoms with Crippen LogP contribution >= 0.6 is 11.6 Å². The zero-order valence-electron chi connectivity index (χ0n) is 26.2. The fourth-order valence-electron chi connectivity index (χ4n) is 7.03. The summed E-state index contributed by atoms with van der Waals surface area (Å²) in [4.78, 5) is 0.403. The fourth-order valence-corrected chi connectivity index (χ4v) is 10.8. The number of fused-ring (bicyclic) bond motifs is 1. The highest BCUT2D eigenvalue weighted by molar-refractivity contribution is 7.89. The van der Waals surface area contributed by atoms with Gasteiger partial charge >= 0.3 is 0 Å². The number of benzene rings is 4. The normalized spacial score (nSPS) is 24.4. The third-order valence-electron chi connectivity index (χ3n) is 9.29. The Morgan fingerprint density at radius 3 is 1.89 bits per heavy atom. The van der Waals surface area contributed by atoms with Crippen LogP contribution in [0.25, 0.3) is 0 Å². The molecule has 2 saturated heterocycles.